The molecule has 0 unspecified atom stereocenters. The number of amides is 4. The number of nitrogens with zero attached hydrogens (tertiary/aromatic N) is 5. The number of H-pyrrole nitrogens is 1. The average Bonchev–Trinajstić information content (AvgIpc) is 3.58. The lowest BCUT2D eigenvalue weighted by atomic mass is 9.93. The fourth-order valence-corrected chi connectivity index (χ4v) is 4.92. The summed E-state index contributed by atoms with van der Waals surface area (Å²) in [6, 6.07) is 1.94. The minimum absolute atomic E-state index is 0.0426. The molecule has 3 aromatic rings. The summed E-state index contributed by atoms with van der Waals surface area (Å²) < 4.78 is 2.01. The summed E-state index contributed by atoms with van der Waals surface area (Å²) in [5, 5.41) is 9.83. The number of hydrogen-bond acceptors (Lipinski definition) is 5. The molecule has 2 saturated heterocycles. The first-order chi connectivity index (χ1) is 16.0. The highest BCUT2D eigenvalue weighted by Crippen LogP contribution is 2.36. The Labute approximate surface area is 190 Å². The van der Waals surface area contributed by atoms with E-state index in [-0.39, 0.29) is 18.0 Å². The number of nitrogens with one attached hydrogen (secondary N) is 3. The van der Waals surface area contributed by atoms with E-state index in [1.807, 2.05) is 20.5 Å². The van der Waals surface area contributed by atoms with Crippen molar-refractivity contribution in [3.63, 3.8) is 0 Å². The number of anilines is 1. The van der Waals surface area contributed by atoms with Crippen molar-refractivity contribution in [2.45, 2.75) is 32.2 Å². The molecule has 11 heteroatoms. The van der Waals surface area contributed by atoms with Crippen LogP contribution in [0.25, 0.3) is 21.9 Å². The van der Waals surface area contributed by atoms with Gasteiger partial charge in [0.25, 0.3) is 0 Å². The second kappa shape index (κ2) is 8.38. The number of hydrogen-bond donors (Lipinski definition) is 3. The summed E-state index contributed by atoms with van der Waals surface area (Å²) in [7, 11) is 1.41. The molecular weight excluding hydrogens is 424 g/mol. The predicted molar refractivity (Wildman–Crippen MR) is 123 cm³/mol. The molecule has 2 aliphatic rings. The zero-order valence-corrected chi connectivity index (χ0v) is 18.8. The van der Waals surface area contributed by atoms with E-state index in [4.69, 9.17) is 0 Å². The van der Waals surface area contributed by atoms with E-state index >= 15 is 0 Å². The number of carbonyl (C=O) groups excluding carboxylic acids is 3. The first-order valence-electron chi connectivity index (χ1n) is 11.4. The second-order valence-electron chi connectivity index (χ2n) is 8.85. The SMILES string of the molecule is CNC(=O)C(=O)Nc1[nH]n([C@H]2CN(C(=O)N3CCCC3)CC[C@H]2C)c2c1cnc1nccc12. The smallest absolute Gasteiger partial charge is 0.320 e. The number of piperidine rings is 1. The van der Waals surface area contributed by atoms with Crippen molar-refractivity contribution in [1.82, 2.24) is 34.9 Å². The van der Waals surface area contributed by atoms with Crippen LogP contribution in [0.15, 0.2) is 18.5 Å². The summed E-state index contributed by atoms with van der Waals surface area (Å²) in [5.74, 6) is -0.824. The summed E-state index contributed by atoms with van der Waals surface area (Å²) in [6.45, 7) is 5.08. The Morgan fingerprint density at radius 1 is 1.06 bits per heavy atom. The minimum atomic E-state index is -0.768. The second-order valence-corrected chi connectivity index (χ2v) is 8.85. The highest BCUT2D eigenvalue weighted by molar-refractivity contribution is 6.40. The maximum Gasteiger partial charge on any atom is 0.320 e. The van der Waals surface area contributed by atoms with Crippen molar-refractivity contribution in [3.8, 4) is 0 Å². The van der Waals surface area contributed by atoms with Gasteiger partial charge in [-0.05, 0) is 31.2 Å². The largest absolute Gasteiger partial charge is 0.351 e. The van der Waals surface area contributed by atoms with Gasteiger partial charge in [0.15, 0.2) is 5.65 Å². The van der Waals surface area contributed by atoms with Crippen LogP contribution >= 0.6 is 0 Å². The van der Waals surface area contributed by atoms with Gasteiger partial charge in [-0.2, -0.15) is 0 Å². The lowest BCUT2D eigenvalue weighted by Crippen LogP contribution is -2.49. The summed E-state index contributed by atoms with van der Waals surface area (Å²) >= 11 is 0. The Balaban J connectivity index is 1.55. The molecule has 5 heterocycles. The molecule has 2 atom stereocenters. The lowest BCUT2D eigenvalue weighted by Gasteiger charge is -2.39. The van der Waals surface area contributed by atoms with Crippen molar-refractivity contribution in [2.75, 3.05) is 38.5 Å². The van der Waals surface area contributed by atoms with E-state index < -0.39 is 11.8 Å². The number of likely N-dealkylation sites (tertiary alicyclic amines) is 2. The van der Waals surface area contributed by atoms with Gasteiger partial charge in [-0.15, -0.1) is 0 Å². The summed E-state index contributed by atoms with van der Waals surface area (Å²) in [5.41, 5.74) is 1.45. The van der Waals surface area contributed by atoms with Crippen LogP contribution < -0.4 is 10.6 Å². The number of rotatable bonds is 2. The monoisotopic (exact) mass is 452 g/mol. The number of urea groups is 1. The van der Waals surface area contributed by atoms with Crippen LogP contribution in [-0.2, 0) is 9.59 Å². The molecule has 11 nitrogen and oxygen atoms in total. The summed E-state index contributed by atoms with van der Waals surface area (Å²) in [4.78, 5) is 49.8. The standard InChI is InChI=1S/C22H28N8O3/c1-13-6-10-29(22(33)28-8-3-4-9-28)12-16(13)30-17-14-5-7-24-18(14)25-11-15(17)19(27-30)26-21(32)20(31)23-2/h5,7,11,13,16,27H,3-4,6,8-10,12H2,1-2H3,(H,23,31)(H,26,32)/t13-,16+/m1/s1. The molecule has 174 valence electrons. The van der Waals surface area contributed by atoms with Crippen LogP contribution in [-0.4, -0.2) is 80.6 Å². The molecule has 4 amide bonds. The van der Waals surface area contributed by atoms with Gasteiger partial charge in [0, 0.05) is 51.0 Å². The van der Waals surface area contributed by atoms with Gasteiger partial charge >= 0.3 is 17.8 Å². The van der Waals surface area contributed by atoms with E-state index in [9.17, 15) is 14.4 Å². The van der Waals surface area contributed by atoms with Crippen LogP contribution in [0.2, 0.25) is 0 Å². The van der Waals surface area contributed by atoms with Crippen molar-refractivity contribution in [1.29, 1.82) is 0 Å². The van der Waals surface area contributed by atoms with Crippen molar-refractivity contribution in [3.05, 3.63) is 18.5 Å². The van der Waals surface area contributed by atoms with E-state index in [1.165, 1.54) is 7.05 Å². The number of carbonyl (C=O) groups is 3. The van der Waals surface area contributed by atoms with Crippen molar-refractivity contribution >= 4 is 45.6 Å². The number of aromatic nitrogens is 4. The van der Waals surface area contributed by atoms with Crippen LogP contribution in [0.5, 0.6) is 0 Å². The lowest BCUT2D eigenvalue weighted by molar-refractivity contribution is -0.135. The molecule has 3 N–H and O–H groups in total. The van der Waals surface area contributed by atoms with E-state index in [0.717, 1.165) is 49.8 Å². The van der Waals surface area contributed by atoms with Gasteiger partial charge in [-0.25, -0.2) is 14.8 Å². The molecule has 2 aliphatic heterocycles. The maximum atomic E-state index is 13.1. The molecular formula is C22H28N8O3. The fourth-order valence-electron chi connectivity index (χ4n) is 4.92. The minimum Gasteiger partial charge on any atom is -0.351 e. The molecule has 0 saturated carbocycles. The quantitative estimate of drug-likeness (QED) is 0.510. The van der Waals surface area contributed by atoms with Crippen LogP contribution in [0.4, 0.5) is 10.6 Å². The average molecular weight is 453 g/mol. The Morgan fingerprint density at radius 2 is 1.85 bits per heavy atom. The van der Waals surface area contributed by atoms with Crippen LogP contribution in [0.1, 0.15) is 32.2 Å². The fraction of sp³-hybridized carbons (Fsp3) is 0.500. The van der Waals surface area contributed by atoms with E-state index in [0.29, 0.717) is 23.4 Å². The number of fused-ring (bicyclic) bond motifs is 3. The highest BCUT2D eigenvalue weighted by atomic mass is 16.2. The van der Waals surface area contributed by atoms with Gasteiger partial charge in [-0.1, -0.05) is 6.92 Å². The zero-order chi connectivity index (χ0) is 23.1. The molecule has 2 fully saturated rings. The van der Waals surface area contributed by atoms with Gasteiger partial charge in [0.1, 0.15) is 5.82 Å². The van der Waals surface area contributed by atoms with E-state index in [2.05, 4.69) is 32.6 Å². The number of likely N-dealkylation sites (N-methyl/N-ethyl adjacent to an activating group) is 1. The molecule has 5 rings (SSSR count). The third kappa shape index (κ3) is 3.66. The highest BCUT2D eigenvalue weighted by Gasteiger charge is 2.34. The summed E-state index contributed by atoms with van der Waals surface area (Å²) in [6.07, 6.45) is 6.32. The van der Waals surface area contributed by atoms with Gasteiger partial charge in [-0.3, -0.25) is 19.4 Å². The Hall–Kier alpha value is -3.63. The molecule has 0 aromatic carbocycles. The molecule has 0 bridgehead atoms. The zero-order valence-electron chi connectivity index (χ0n) is 18.8. The molecule has 0 radical (unpaired) electrons. The van der Waals surface area contributed by atoms with Gasteiger partial charge < -0.3 is 20.4 Å². The van der Waals surface area contributed by atoms with E-state index in [1.54, 1.807) is 12.4 Å². The van der Waals surface area contributed by atoms with Crippen molar-refractivity contribution < 1.29 is 14.4 Å². The molecule has 0 aliphatic carbocycles. The normalized spacial score (nSPS) is 21.0. The van der Waals surface area contributed by atoms with Gasteiger partial charge in [0.05, 0.1) is 16.9 Å². The third-order valence-corrected chi connectivity index (χ3v) is 6.82. The molecule has 3 aromatic heterocycles. The van der Waals surface area contributed by atoms with Crippen LogP contribution in [0.3, 0.4) is 0 Å². The maximum absolute atomic E-state index is 13.1. The topological polar surface area (TPSA) is 128 Å². The molecule has 33 heavy (non-hydrogen) atoms. The number of pyridine rings is 1. The number of aromatic amines is 1. The predicted octanol–water partition coefficient (Wildman–Crippen LogP) is 1.70. The van der Waals surface area contributed by atoms with Gasteiger partial charge in [0.2, 0.25) is 0 Å². The Kier molecular flexibility index (Phi) is 5.39. The Bertz CT molecular complexity index is 1230. The first kappa shape index (κ1) is 21.2. The van der Waals surface area contributed by atoms with Crippen LogP contribution in [0, 0.1) is 5.92 Å². The molecule has 0 spiro atoms. The Morgan fingerprint density at radius 3 is 2.61 bits per heavy atom. The first-order valence-corrected chi connectivity index (χ1v) is 11.4. The third-order valence-electron chi connectivity index (χ3n) is 6.82. The van der Waals surface area contributed by atoms with Crippen molar-refractivity contribution in [2.24, 2.45) is 5.92 Å².